The van der Waals surface area contributed by atoms with Crippen LogP contribution in [0.4, 0.5) is 10.2 Å². The number of alkyl halides is 1. The second-order valence-corrected chi connectivity index (χ2v) is 5.30. The molecule has 0 unspecified atom stereocenters. The van der Waals surface area contributed by atoms with Gasteiger partial charge in [0.15, 0.2) is 0 Å². The van der Waals surface area contributed by atoms with Gasteiger partial charge in [-0.25, -0.2) is 13.9 Å². The molecule has 1 saturated heterocycles. The van der Waals surface area contributed by atoms with Crippen LogP contribution in [-0.2, 0) is 0 Å². The van der Waals surface area contributed by atoms with Gasteiger partial charge in [0, 0.05) is 24.8 Å². The van der Waals surface area contributed by atoms with Crippen LogP contribution < -0.4 is 10.6 Å². The van der Waals surface area contributed by atoms with E-state index in [0.29, 0.717) is 24.6 Å². The molecule has 6 nitrogen and oxygen atoms in total. The first-order chi connectivity index (χ1) is 10.8. The molecular formula is C15H15FN6. The summed E-state index contributed by atoms with van der Waals surface area (Å²) >= 11 is 0. The van der Waals surface area contributed by atoms with Gasteiger partial charge in [-0.1, -0.05) is 6.07 Å². The fourth-order valence-corrected chi connectivity index (χ4v) is 2.68. The molecule has 0 spiro atoms. The predicted octanol–water partition coefficient (Wildman–Crippen LogP) is 1.51. The fourth-order valence-electron chi connectivity index (χ4n) is 2.68. The molecule has 4 rings (SSSR count). The van der Waals surface area contributed by atoms with E-state index in [1.165, 1.54) is 0 Å². The number of anilines is 1. The van der Waals surface area contributed by atoms with Crippen molar-refractivity contribution < 1.29 is 4.39 Å². The zero-order valence-corrected chi connectivity index (χ0v) is 11.8. The monoisotopic (exact) mass is 298 g/mol. The van der Waals surface area contributed by atoms with Crippen LogP contribution in [0, 0.1) is 0 Å². The van der Waals surface area contributed by atoms with Gasteiger partial charge in [0.1, 0.15) is 12.0 Å². The van der Waals surface area contributed by atoms with Crippen LogP contribution in [0.5, 0.6) is 0 Å². The van der Waals surface area contributed by atoms with Crippen LogP contribution in [0.2, 0.25) is 0 Å². The standard InChI is InChI=1S/C15H15FN6/c16-11-6-17-8-13(11)21-15-9-18-7-12(20-15)10-5-19-22-4-2-1-3-14(10)22/h1-5,7,9,11,13,17H,6,8H2,(H,20,21)/t11-,13+/m1/s1. The number of aromatic nitrogens is 4. The average Bonchev–Trinajstić information content (AvgIpc) is 3.14. The zero-order chi connectivity index (χ0) is 14.9. The Hall–Kier alpha value is -2.54. The molecule has 0 bridgehead atoms. The van der Waals surface area contributed by atoms with Crippen LogP contribution in [0.15, 0.2) is 43.0 Å². The van der Waals surface area contributed by atoms with E-state index in [1.54, 1.807) is 23.1 Å². The Morgan fingerprint density at radius 3 is 3.05 bits per heavy atom. The molecule has 0 radical (unpaired) electrons. The summed E-state index contributed by atoms with van der Waals surface area (Å²) in [6.07, 6.45) is 6.03. The minimum absolute atomic E-state index is 0.270. The highest BCUT2D eigenvalue weighted by Crippen LogP contribution is 2.23. The zero-order valence-electron chi connectivity index (χ0n) is 11.8. The maximum atomic E-state index is 13.7. The lowest BCUT2D eigenvalue weighted by molar-refractivity contribution is 0.342. The quantitative estimate of drug-likeness (QED) is 0.767. The molecule has 0 aliphatic carbocycles. The summed E-state index contributed by atoms with van der Waals surface area (Å²) in [6.45, 7) is 0.961. The molecule has 2 N–H and O–H groups in total. The Morgan fingerprint density at radius 1 is 1.23 bits per heavy atom. The molecule has 0 saturated carbocycles. The van der Waals surface area contributed by atoms with Gasteiger partial charge in [0.2, 0.25) is 0 Å². The third-order valence-corrected chi connectivity index (χ3v) is 3.81. The number of hydrogen-bond acceptors (Lipinski definition) is 5. The van der Waals surface area contributed by atoms with Crippen LogP contribution in [0.25, 0.3) is 16.8 Å². The first-order valence-corrected chi connectivity index (χ1v) is 7.17. The molecule has 1 aliphatic heterocycles. The molecule has 0 amide bonds. The molecule has 1 fully saturated rings. The first kappa shape index (κ1) is 13.1. The highest BCUT2D eigenvalue weighted by Gasteiger charge is 2.26. The summed E-state index contributed by atoms with van der Waals surface area (Å²) < 4.78 is 15.5. The van der Waals surface area contributed by atoms with Gasteiger partial charge in [-0.05, 0) is 12.1 Å². The largest absolute Gasteiger partial charge is 0.362 e. The number of nitrogens with zero attached hydrogens (tertiary/aromatic N) is 4. The van der Waals surface area contributed by atoms with Gasteiger partial charge in [0.05, 0.1) is 35.8 Å². The highest BCUT2D eigenvalue weighted by atomic mass is 19.1. The van der Waals surface area contributed by atoms with Gasteiger partial charge in [-0.3, -0.25) is 4.98 Å². The van der Waals surface area contributed by atoms with E-state index < -0.39 is 6.17 Å². The first-order valence-electron chi connectivity index (χ1n) is 7.17. The van der Waals surface area contributed by atoms with Crippen molar-refractivity contribution >= 4 is 11.3 Å². The topological polar surface area (TPSA) is 67.1 Å². The SMILES string of the molecule is F[C@@H]1CNC[C@@H]1Nc1cncc(-c2cnn3ccccc23)n1. The molecule has 7 heteroatoms. The van der Waals surface area contributed by atoms with Gasteiger partial charge in [0.25, 0.3) is 0 Å². The number of halogens is 1. The molecule has 0 aromatic carbocycles. The lowest BCUT2D eigenvalue weighted by atomic mass is 10.2. The molecule has 1 aliphatic rings. The van der Waals surface area contributed by atoms with Crippen LogP contribution in [0.1, 0.15) is 0 Å². The van der Waals surface area contributed by atoms with Crippen molar-refractivity contribution in [1.82, 2.24) is 24.9 Å². The maximum absolute atomic E-state index is 13.7. The normalized spacial score (nSPS) is 21.3. The number of rotatable bonds is 3. The molecule has 3 aromatic rings. The van der Waals surface area contributed by atoms with Gasteiger partial charge in [-0.2, -0.15) is 5.10 Å². The molecule has 22 heavy (non-hydrogen) atoms. The van der Waals surface area contributed by atoms with E-state index in [4.69, 9.17) is 0 Å². The van der Waals surface area contributed by atoms with Crippen LogP contribution in [-0.4, -0.2) is 44.9 Å². The number of nitrogens with one attached hydrogen (secondary N) is 2. The Balaban J connectivity index is 1.67. The van der Waals surface area contributed by atoms with Crippen molar-refractivity contribution in [2.75, 3.05) is 18.4 Å². The number of hydrogen-bond donors (Lipinski definition) is 2. The van der Waals surface area contributed by atoms with E-state index in [1.807, 2.05) is 24.4 Å². The predicted molar refractivity (Wildman–Crippen MR) is 81.4 cm³/mol. The number of fused-ring (bicyclic) bond motifs is 1. The van der Waals surface area contributed by atoms with Crippen molar-refractivity contribution in [3.05, 3.63) is 43.0 Å². The Morgan fingerprint density at radius 2 is 2.18 bits per heavy atom. The minimum atomic E-state index is -0.914. The van der Waals surface area contributed by atoms with Gasteiger partial charge in [-0.15, -0.1) is 0 Å². The molecule has 3 aromatic heterocycles. The van der Waals surface area contributed by atoms with Crippen LogP contribution in [0.3, 0.4) is 0 Å². The van der Waals surface area contributed by atoms with E-state index >= 15 is 0 Å². The second-order valence-electron chi connectivity index (χ2n) is 5.30. The number of pyridine rings is 1. The van der Waals surface area contributed by atoms with Crippen molar-refractivity contribution in [3.63, 3.8) is 0 Å². The van der Waals surface area contributed by atoms with Crippen LogP contribution >= 0.6 is 0 Å². The lowest BCUT2D eigenvalue weighted by Gasteiger charge is -2.14. The van der Waals surface area contributed by atoms with Gasteiger partial charge >= 0.3 is 0 Å². The minimum Gasteiger partial charge on any atom is -0.362 e. The summed E-state index contributed by atoms with van der Waals surface area (Å²) in [6, 6.07) is 5.58. The van der Waals surface area contributed by atoms with E-state index in [-0.39, 0.29) is 6.04 Å². The summed E-state index contributed by atoms with van der Waals surface area (Å²) in [5, 5.41) is 10.4. The average molecular weight is 298 g/mol. The van der Waals surface area contributed by atoms with E-state index in [0.717, 1.165) is 11.1 Å². The molecule has 2 atom stereocenters. The Labute approximate surface area is 126 Å². The highest BCUT2D eigenvalue weighted by molar-refractivity contribution is 5.77. The maximum Gasteiger partial charge on any atom is 0.145 e. The summed E-state index contributed by atoms with van der Waals surface area (Å²) in [7, 11) is 0. The summed E-state index contributed by atoms with van der Waals surface area (Å²) in [5.74, 6) is 0.573. The fraction of sp³-hybridized carbons (Fsp3) is 0.267. The third-order valence-electron chi connectivity index (χ3n) is 3.81. The van der Waals surface area contributed by atoms with Crippen molar-refractivity contribution in [1.29, 1.82) is 0 Å². The summed E-state index contributed by atoms with van der Waals surface area (Å²) in [4.78, 5) is 8.75. The molecule has 4 heterocycles. The Bertz CT molecular complexity index is 801. The second kappa shape index (κ2) is 5.34. The smallest absolute Gasteiger partial charge is 0.145 e. The summed E-state index contributed by atoms with van der Waals surface area (Å²) in [5.41, 5.74) is 2.57. The lowest BCUT2D eigenvalue weighted by Crippen LogP contribution is -2.29. The Kier molecular flexibility index (Phi) is 3.19. The van der Waals surface area contributed by atoms with Crippen molar-refractivity contribution in [2.24, 2.45) is 0 Å². The van der Waals surface area contributed by atoms with Crippen molar-refractivity contribution in [2.45, 2.75) is 12.2 Å². The third kappa shape index (κ3) is 2.29. The molecular weight excluding hydrogens is 283 g/mol. The van der Waals surface area contributed by atoms with E-state index in [2.05, 4.69) is 25.7 Å². The molecule has 112 valence electrons. The van der Waals surface area contributed by atoms with E-state index in [9.17, 15) is 4.39 Å². The van der Waals surface area contributed by atoms with Gasteiger partial charge < -0.3 is 10.6 Å². The van der Waals surface area contributed by atoms with Crippen molar-refractivity contribution in [3.8, 4) is 11.3 Å².